The molecule has 6 aromatic carbocycles. The molecular formula is C40H34NSi2. The van der Waals surface area contributed by atoms with Crippen LogP contribution in [0.4, 0.5) is 0 Å². The van der Waals surface area contributed by atoms with Crippen molar-refractivity contribution in [1.82, 2.24) is 4.57 Å². The molecule has 0 bridgehead atoms. The van der Waals surface area contributed by atoms with E-state index in [1.807, 2.05) is 0 Å². The molecule has 0 N–H and O–H groups in total. The molecule has 7 rings (SSSR count). The van der Waals surface area contributed by atoms with Crippen LogP contribution in [-0.4, -0.2) is 22.9 Å². The first-order chi connectivity index (χ1) is 21.0. The molecule has 1 aromatic heterocycles. The molecule has 1 nitrogen and oxygen atoms in total. The van der Waals surface area contributed by atoms with Crippen LogP contribution in [0.1, 0.15) is 26.3 Å². The van der Waals surface area contributed by atoms with E-state index in [0.29, 0.717) is 9.52 Å². The lowest BCUT2D eigenvalue weighted by molar-refractivity contribution is 0.590. The molecule has 0 amide bonds. The van der Waals surface area contributed by atoms with Gasteiger partial charge < -0.3 is 4.57 Å². The standard InChI is InChI=1S/C40H34NSi2/c1-40(2,3)29-19-21-30(22-20-29)41-38-25-23-32(42-31-13-7-4-8-14-31)27-36(38)37-28-35(24-26-39(37)41)43(33-15-9-5-10-16-33)34-17-11-6-12-18-34/h4-28H,1-3H3. The number of aromatic nitrogens is 1. The van der Waals surface area contributed by atoms with Crippen LogP contribution in [0.5, 0.6) is 0 Å². The molecule has 0 unspecified atom stereocenters. The maximum atomic E-state index is 2.49. The molecule has 0 spiro atoms. The largest absolute Gasteiger partial charge is 0.309 e. The number of rotatable bonds is 6. The van der Waals surface area contributed by atoms with Gasteiger partial charge in [-0.05, 0) is 40.4 Å². The van der Waals surface area contributed by atoms with Gasteiger partial charge in [0.15, 0.2) is 8.80 Å². The number of nitrogens with zero attached hydrogens (tertiary/aromatic N) is 1. The zero-order valence-electron chi connectivity index (χ0n) is 24.9. The molecule has 0 atom stereocenters. The fourth-order valence-electron chi connectivity index (χ4n) is 6.04. The van der Waals surface area contributed by atoms with E-state index in [1.54, 1.807) is 0 Å². The molecular weight excluding hydrogens is 551 g/mol. The number of benzene rings is 6. The van der Waals surface area contributed by atoms with E-state index in [4.69, 9.17) is 0 Å². The van der Waals surface area contributed by atoms with Gasteiger partial charge in [-0.3, -0.25) is 0 Å². The van der Waals surface area contributed by atoms with Crippen LogP contribution < -0.4 is 25.9 Å². The molecule has 0 aliphatic carbocycles. The summed E-state index contributed by atoms with van der Waals surface area (Å²) < 4.78 is 2.45. The Hall–Kier alpha value is -4.45. The second-order valence-electron chi connectivity index (χ2n) is 12.2. The van der Waals surface area contributed by atoms with Gasteiger partial charge in [-0.25, -0.2) is 0 Å². The summed E-state index contributed by atoms with van der Waals surface area (Å²) in [6.07, 6.45) is 0. The maximum absolute atomic E-state index is 2.49. The number of hydrogen-bond donors (Lipinski definition) is 0. The Morgan fingerprint density at radius 3 is 1.60 bits per heavy atom. The first-order valence-corrected chi connectivity index (χ1v) is 17.5. The van der Waals surface area contributed by atoms with E-state index < -0.39 is 8.80 Å². The van der Waals surface area contributed by atoms with Gasteiger partial charge in [-0.2, -0.15) is 0 Å². The van der Waals surface area contributed by atoms with Gasteiger partial charge in [-0.1, -0.05) is 169 Å². The van der Waals surface area contributed by atoms with Gasteiger partial charge in [0.1, 0.15) is 9.52 Å². The monoisotopic (exact) mass is 584 g/mol. The zero-order chi connectivity index (χ0) is 29.4. The summed E-state index contributed by atoms with van der Waals surface area (Å²) in [6, 6.07) is 56.4. The fourth-order valence-corrected chi connectivity index (χ4v) is 9.71. The molecule has 0 saturated heterocycles. The second-order valence-corrected chi connectivity index (χ2v) is 16.1. The van der Waals surface area contributed by atoms with E-state index in [0.717, 1.165) is 0 Å². The van der Waals surface area contributed by atoms with Crippen LogP contribution in [0, 0.1) is 0 Å². The van der Waals surface area contributed by atoms with Crippen molar-refractivity contribution in [2.45, 2.75) is 26.2 Å². The van der Waals surface area contributed by atoms with Gasteiger partial charge >= 0.3 is 0 Å². The third-order valence-corrected chi connectivity index (χ3v) is 12.2. The Bertz CT molecular complexity index is 1960. The van der Waals surface area contributed by atoms with E-state index >= 15 is 0 Å². The van der Waals surface area contributed by atoms with E-state index in [1.165, 1.54) is 59.0 Å². The van der Waals surface area contributed by atoms with Crippen molar-refractivity contribution in [2.24, 2.45) is 0 Å². The molecule has 3 radical (unpaired) electrons. The highest BCUT2D eigenvalue weighted by molar-refractivity contribution is 6.95. The third-order valence-electron chi connectivity index (χ3n) is 8.23. The topological polar surface area (TPSA) is 4.93 Å². The highest BCUT2D eigenvalue weighted by Crippen LogP contribution is 2.32. The van der Waals surface area contributed by atoms with Crippen molar-refractivity contribution in [2.75, 3.05) is 0 Å². The van der Waals surface area contributed by atoms with Gasteiger partial charge in [0, 0.05) is 16.5 Å². The Morgan fingerprint density at radius 2 is 1.02 bits per heavy atom. The van der Waals surface area contributed by atoms with Gasteiger partial charge in [0.05, 0.1) is 11.0 Å². The average molecular weight is 585 g/mol. The maximum Gasteiger partial charge on any atom is 0.154 e. The van der Waals surface area contributed by atoms with Gasteiger partial charge in [0.25, 0.3) is 0 Å². The SMILES string of the molecule is CC(C)(C)c1ccc(-n2c3ccc([Si]c4ccccc4)cc3c3cc([Si](c4ccccc4)c4ccccc4)ccc32)cc1. The van der Waals surface area contributed by atoms with Crippen molar-refractivity contribution >= 4 is 66.1 Å². The molecule has 0 fully saturated rings. The van der Waals surface area contributed by atoms with Crippen LogP contribution in [0.25, 0.3) is 27.5 Å². The molecule has 1 heterocycles. The van der Waals surface area contributed by atoms with E-state index in [2.05, 4.69) is 177 Å². The predicted molar refractivity (Wildman–Crippen MR) is 188 cm³/mol. The van der Waals surface area contributed by atoms with Crippen LogP contribution in [0.2, 0.25) is 0 Å². The first-order valence-electron chi connectivity index (χ1n) is 15.0. The smallest absolute Gasteiger partial charge is 0.154 e. The Balaban J connectivity index is 1.44. The van der Waals surface area contributed by atoms with E-state index in [9.17, 15) is 0 Å². The molecule has 0 aliphatic heterocycles. The lowest BCUT2D eigenvalue weighted by Gasteiger charge is -2.19. The second kappa shape index (κ2) is 11.3. The minimum absolute atomic E-state index is 0.120. The Labute approximate surface area is 258 Å². The Kier molecular flexibility index (Phi) is 7.22. The van der Waals surface area contributed by atoms with Crippen LogP contribution in [0.15, 0.2) is 152 Å². The van der Waals surface area contributed by atoms with Crippen molar-refractivity contribution in [1.29, 1.82) is 0 Å². The summed E-state index contributed by atoms with van der Waals surface area (Å²) >= 11 is 0. The highest BCUT2D eigenvalue weighted by Gasteiger charge is 2.22. The zero-order valence-corrected chi connectivity index (χ0v) is 26.9. The van der Waals surface area contributed by atoms with Gasteiger partial charge in [-0.15, -0.1) is 0 Å². The summed E-state index contributed by atoms with van der Waals surface area (Å²) in [5.41, 5.74) is 5.18. The highest BCUT2D eigenvalue weighted by atomic mass is 28.3. The van der Waals surface area contributed by atoms with Gasteiger partial charge in [0.2, 0.25) is 0 Å². The minimum atomic E-state index is -1.18. The fraction of sp³-hybridized carbons (Fsp3) is 0.100. The molecule has 7 aromatic rings. The number of fused-ring (bicyclic) bond motifs is 3. The summed E-state index contributed by atoms with van der Waals surface area (Å²) in [5.74, 6) is 0. The third kappa shape index (κ3) is 5.42. The van der Waals surface area contributed by atoms with Crippen molar-refractivity contribution in [3.63, 3.8) is 0 Å². The van der Waals surface area contributed by atoms with Crippen molar-refractivity contribution in [3.05, 3.63) is 157 Å². The van der Waals surface area contributed by atoms with E-state index in [-0.39, 0.29) is 5.41 Å². The Morgan fingerprint density at radius 1 is 0.488 bits per heavy atom. The molecule has 3 heteroatoms. The summed E-state index contributed by atoms with van der Waals surface area (Å²) in [7, 11) is -0.554. The minimum Gasteiger partial charge on any atom is -0.309 e. The molecule has 0 saturated carbocycles. The van der Waals surface area contributed by atoms with Crippen LogP contribution >= 0.6 is 0 Å². The average Bonchev–Trinajstić information content (AvgIpc) is 3.35. The van der Waals surface area contributed by atoms with Crippen molar-refractivity contribution in [3.8, 4) is 5.69 Å². The van der Waals surface area contributed by atoms with Crippen LogP contribution in [-0.2, 0) is 5.41 Å². The quantitative estimate of drug-likeness (QED) is 0.161. The normalized spacial score (nSPS) is 11.9. The molecule has 207 valence electrons. The van der Waals surface area contributed by atoms with Crippen LogP contribution in [0.3, 0.4) is 0 Å². The summed E-state index contributed by atoms with van der Waals surface area (Å²) in [6.45, 7) is 6.83. The number of hydrogen-bond acceptors (Lipinski definition) is 0. The summed E-state index contributed by atoms with van der Waals surface area (Å²) in [4.78, 5) is 0. The predicted octanol–water partition coefficient (Wildman–Crippen LogP) is 6.25. The van der Waals surface area contributed by atoms with Crippen molar-refractivity contribution < 1.29 is 0 Å². The lowest BCUT2D eigenvalue weighted by Crippen LogP contribution is -2.51. The molecule has 0 aliphatic rings. The summed E-state index contributed by atoms with van der Waals surface area (Å²) in [5, 5.41) is 9.59. The molecule has 43 heavy (non-hydrogen) atoms. The lowest BCUT2D eigenvalue weighted by atomic mass is 9.87. The first kappa shape index (κ1) is 27.4.